The predicted molar refractivity (Wildman–Crippen MR) is 38.1 cm³/mol. The van der Waals surface area contributed by atoms with E-state index in [0.717, 1.165) is 5.56 Å². The molecule has 0 heterocycles. The molecule has 0 bridgehead atoms. The Morgan fingerprint density at radius 1 is 1.27 bits per heavy atom. The minimum absolute atomic E-state index is 0. The molecule has 2 nitrogen and oxygen atoms in total. The Kier molecular flexibility index (Phi) is 3.84. The van der Waals surface area contributed by atoms with Crippen molar-refractivity contribution in [2.24, 2.45) is 0 Å². The van der Waals surface area contributed by atoms with Gasteiger partial charge in [0.05, 0.1) is 5.56 Å². The van der Waals surface area contributed by atoms with Gasteiger partial charge in [-0.1, -0.05) is 17.7 Å². The average molecular weight is 195 g/mol. The third-order valence-electron chi connectivity index (χ3n) is 1.30. The van der Waals surface area contributed by atoms with Gasteiger partial charge in [0.15, 0.2) is 0 Å². The fraction of sp³-hybridized carbons (Fsp3) is 0.125. The van der Waals surface area contributed by atoms with E-state index >= 15 is 0 Å². The molecule has 0 aliphatic heterocycles. The minimum Gasteiger partial charge on any atom is -0.478 e. The van der Waals surface area contributed by atoms with Gasteiger partial charge in [-0.2, -0.15) is 0 Å². The first-order valence-corrected chi connectivity index (χ1v) is 3.00. The van der Waals surface area contributed by atoms with Gasteiger partial charge in [0.1, 0.15) is 0 Å². The van der Waals surface area contributed by atoms with E-state index in [1.54, 1.807) is 24.3 Å². The van der Waals surface area contributed by atoms with E-state index < -0.39 is 5.97 Å². The Balaban J connectivity index is 0.000001000. The van der Waals surface area contributed by atoms with Crippen molar-refractivity contribution in [1.82, 2.24) is 0 Å². The molecule has 0 atom stereocenters. The second-order valence-electron chi connectivity index (χ2n) is 2.17. The van der Waals surface area contributed by atoms with Crippen molar-refractivity contribution in [2.75, 3.05) is 0 Å². The number of aromatic carboxylic acids is 1. The van der Waals surface area contributed by atoms with Gasteiger partial charge in [-0.05, 0) is 19.1 Å². The Morgan fingerprint density at radius 3 is 2.09 bits per heavy atom. The van der Waals surface area contributed by atoms with Gasteiger partial charge in [-0.15, -0.1) is 0 Å². The topological polar surface area (TPSA) is 37.3 Å². The zero-order chi connectivity index (χ0) is 7.56. The van der Waals surface area contributed by atoms with Crippen LogP contribution in [0.1, 0.15) is 15.9 Å². The summed E-state index contributed by atoms with van der Waals surface area (Å²) in [6, 6.07) is 6.75. The van der Waals surface area contributed by atoms with Crippen LogP contribution in [0.4, 0.5) is 0 Å². The van der Waals surface area contributed by atoms with E-state index in [2.05, 4.69) is 0 Å². The summed E-state index contributed by atoms with van der Waals surface area (Å²) in [7, 11) is 0. The van der Waals surface area contributed by atoms with E-state index in [1.165, 1.54) is 0 Å². The van der Waals surface area contributed by atoms with E-state index in [0.29, 0.717) is 5.56 Å². The smallest absolute Gasteiger partial charge is 0.335 e. The van der Waals surface area contributed by atoms with Crippen molar-refractivity contribution in [3.63, 3.8) is 0 Å². The summed E-state index contributed by atoms with van der Waals surface area (Å²) in [6.45, 7) is 1.92. The molecule has 0 fully saturated rings. The molecule has 0 unspecified atom stereocenters. The summed E-state index contributed by atoms with van der Waals surface area (Å²) in [4.78, 5) is 10.3. The molecule has 0 spiro atoms. The van der Waals surface area contributed by atoms with Crippen LogP contribution < -0.4 is 0 Å². The van der Waals surface area contributed by atoms with Crippen LogP contribution in [0.2, 0.25) is 0 Å². The molecule has 0 amide bonds. The molecule has 1 rings (SSSR count). The molecule has 0 radical (unpaired) electrons. The molecular formula is C8H8NiO2. The summed E-state index contributed by atoms with van der Waals surface area (Å²) in [5.74, 6) is -0.875. The number of carboxylic acid groups (broad SMARTS) is 1. The molecule has 3 heteroatoms. The third kappa shape index (κ3) is 2.73. The monoisotopic (exact) mass is 194 g/mol. The Hall–Kier alpha value is -0.816. The quantitative estimate of drug-likeness (QED) is 0.692. The number of hydrogen-bond donors (Lipinski definition) is 1. The van der Waals surface area contributed by atoms with Crippen LogP contribution in [0.5, 0.6) is 0 Å². The Morgan fingerprint density at radius 2 is 1.73 bits per heavy atom. The summed E-state index contributed by atoms with van der Waals surface area (Å²) < 4.78 is 0. The molecule has 0 aliphatic carbocycles. The largest absolute Gasteiger partial charge is 0.478 e. The number of carboxylic acids is 1. The molecule has 1 aromatic carbocycles. The zero-order valence-corrected chi connectivity index (χ0v) is 6.97. The van der Waals surface area contributed by atoms with Crippen molar-refractivity contribution >= 4 is 5.97 Å². The van der Waals surface area contributed by atoms with Crippen molar-refractivity contribution in [3.8, 4) is 0 Å². The summed E-state index contributed by atoms with van der Waals surface area (Å²) in [6.07, 6.45) is 0. The van der Waals surface area contributed by atoms with E-state index in [4.69, 9.17) is 5.11 Å². The predicted octanol–water partition coefficient (Wildman–Crippen LogP) is 1.69. The van der Waals surface area contributed by atoms with Crippen LogP contribution in [0.25, 0.3) is 0 Å². The fourth-order valence-corrected chi connectivity index (χ4v) is 0.696. The maximum atomic E-state index is 10.3. The Bertz CT molecular complexity index is 241. The van der Waals surface area contributed by atoms with Crippen molar-refractivity contribution in [2.45, 2.75) is 6.92 Å². The minimum atomic E-state index is -0.875. The first-order valence-electron chi connectivity index (χ1n) is 3.00. The number of hydrogen-bond acceptors (Lipinski definition) is 1. The number of benzene rings is 1. The molecule has 1 aromatic rings. The Labute approximate surface area is 75.2 Å². The van der Waals surface area contributed by atoms with Gasteiger partial charge in [0, 0.05) is 16.5 Å². The normalized spacial score (nSPS) is 8.45. The van der Waals surface area contributed by atoms with Crippen LogP contribution in [0, 0.1) is 6.92 Å². The average Bonchev–Trinajstić information content (AvgIpc) is 1.88. The fourth-order valence-electron chi connectivity index (χ4n) is 0.696. The van der Waals surface area contributed by atoms with Crippen LogP contribution in [0.3, 0.4) is 0 Å². The summed E-state index contributed by atoms with van der Waals surface area (Å²) in [5, 5.41) is 8.48. The van der Waals surface area contributed by atoms with Gasteiger partial charge in [-0.25, -0.2) is 4.79 Å². The van der Waals surface area contributed by atoms with Gasteiger partial charge >= 0.3 is 5.97 Å². The number of carbonyl (C=O) groups is 1. The molecule has 0 saturated heterocycles. The standard InChI is InChI=1S/C8H8O2.Ni/c1-6-2-4-7(5-3-6)8(9)10;/h2-5H,1H3,(H,9,10);. The molecule has 11 heavy (non-hydrogen) atoms. The van der Waals surface area contributed by atoms with Gasteiger partial charge < -0.3 is 5.11 Å². The van der Waals surface area contributed by atoms with Crippen LogP contribution in [-0.2, 0) is 16.5 Å². The van der Waals surface area contributed by atoms with Gasteiger partial charge in [0.2, 0.25) is 0 Å². The van der Waals surface area contributed by atoms with Crippen molar-refractivity contribution in [1.29, 1.82) is 0 Å². The molecule has 0 saturated carbocycles. The van der Waals surface area contributed by atoms with Gasteiger partial charge in [-0.3, -0.25) is 0 Å². The van der Waals surface area contributed by atoms with E-state index in [9.17, 15) is 4.79 Å². The summed E-state index contributed by atoms with van der Waals surface area (Å²) >= 11 is 0. The van der Waals surface area contributed by atoms with E-state index in [-0.39, 0.29) is 16.5 Å². The SMILES string of the molecule is Cc1ccc(C(=O)O)cc1.[Ni]. The maximum Gasteiger partial charge on any atom is 0.335 e. The maximum absolute atomic E-state index is 10.3. The second-order valence-corrected chi connectivity index (χ2v) is 2.17. The molecule has 0 aromatic heterocycles. The third-order valence-corrected chi connectivity index (χ3v) is 1.30. The summed E-state index contributed by atoms with van der Waals surface area (Å²) in [5.41, 5.74) is 1.41. The first-order chi connectivity index (χ1) is 4.70. The van der Waals surface area contributed by atoms with Crippen molar-refractivity contribution in [3.05, 3.63) is 35.4 Å². The zero-order valence-electron chi connectivity index (χ0n) is 5.98. The number of rotatable bonds is 1. The molecule has 62 valence electrons. The number of aryl methyl sites for hydroxylation is 1. The molecule has 0 aliphatic rings. The van der Waals surface area contributed by atoms with Crippen molar-refractivity contribution < 1.29 is 26.4 Å². The van der Waals surface area contributed by atoms with Crippen LogP contribution >= 0.6 is 0 Å². The molecular weight excluding hydrogens is 187 g/mol. The van der Waals surface area contributed by atoms with Crippen LogP contribution in [0.15, 0.2) is 24.3 Å². The van der Waals surface area contributed by atoms with Crippen LogP contribution in [-0.4, -0.2) is 11.1 Å². The first kappa shape index (κ1) is 10.2. The molecule has 1 N–H and O–H groups in total. The van der Waals surface area contributed by atoms with Gasteiger partial charge in [0.25, 0.3) is 0 Å². The van der Waals surface area contributed by atoms with E-state index in [1.807, 2.05) is 6.92 Å². The second kappa shape index (κ2) is 4.14.